The summed E-state index contributed by atoms with van der Waals surface area (Å²) in [6.07, 6.45) is 3.35. The lowest BCUT2D eigenvalue weighted by atomic mass is 10.2. The predicted molar refractivity (Wildman–Crippen MR) is 109 cm³/mol. The van der Waals surface area contributed by atoms with Crippen molar-refractivity contribution in [3.63, 3.8) is 0 Å². The van der Waals surface area contributed by atoms with Crippen LogP contribution in [0.3, 0.4) is 0 Å². The molecule has 1 saturated heterocycles. The Labute approximate surface area is 167 Å². The minimum absolute atomic E-state index is 0.0361. The van der Waals surface area contributed by atoms with Gasteiger partial charge < -0.3 is 25.1 Å². The molecular formula is C21H22N4O4. The van der Waals surface area contributed by atoms with Gasteiger partial charge in [-0.3, -0.25) is 4.79 Å². The van der Waals surface area contributed by atoms with Crippen LogP contribution in [0.2, 0.25) is 0 Å². The number of nitrogens with zero attached hydrogens (tertiary/aromatic N) is 2. The summed E-state index contributed by atoms with van der Waals surface area (Å²) in [7, 11) is 1.31. The number of carbonyl (C=O) groups is 2. The Balaban J connectivity index is 1.85. The highest BCUT2D eigenvalue weighted by Crippen LogP contribution is 2.33. The van der Waals surface area contributed by atoms with E-state index >= 15 is 0 Å². The van der Waals surface area contributed by atoms with E-state index in [-0.39, 0.29) is 17.7 Å². The van der Waals surface area contributed by atoms with Crippen LogP contribution in [0.15, 0.2) is 42.6 Å². The summed E-state index contributed by atoms with van der Waals surface area (Å²) in [4.78, 5) is 29.9. The van der Waals surface area contributed by atoms with Gasteiger partial charge in [-0.25, -0.2) is 9.78 Å². The van der Waals surface area contributed by atoms with E-state index in [1.165, 1.54) is 13.3 Å². The fourth-order valence-corrected chi connectivity index (χ4v) is 3.62. The zero-order valence-corrected chi connectivity index (χ0v) is 16.1. The largest absolute Gasteiger partial charge is 0.464 e. The van der Waals surface area contributed by atoms with Gasteiger partial charge in [0.15, 0.2) is 5.69 Å². The number of ether oxygens (including phenoxy) is 2. The lowest BCUT2D eigenvalue weighted by molar-refractivity contribution is 0.0580. The molecule has 0 radical (unpaired) electrons. The number of methoxy groups -OCH3 is 1. The first-order valence-corrected chi connectivity index (χ1v) is 9.42. The number of nitrogens with two attached hydrogens (primary N) is 1. The van der Waals surface area contributed by atoms with Gasteiger partial charge in [0.2, 0.25) is 0 Å². The molecule has 4 rings (SSSR count). The number of benzene rings is 1. The molecule has 3 N–H and O–H groups in total. The van der Waals surface area contributed by atoms with E-state index in [1.807, 2.05) is 6.07 Å². The van der Waals surface area contributed by atoms with Crippen LogP contribution in [0, 0.1) is 0 Å². The highest BCUT2D eigenvalue weighted by atomic mass is 16.5. The van der Waals surface area contributed by atoms with Crippen molar-refractivity contribution in [1.29, 1.82) is 0 Å². The first-order chi connectivity index (χ1) is 14.1. The molecule has 1 aromatic carbocycles. The van der Waals surface area contributed by atoms with E-state index in [0.29, 0.717) is 41.1 Å². The molecule has 1 atom stereocenters. The predicted octanol–water partition coefficient (Wildman–Crippen LogP) is 2.84. The molecule has 3 aromatic rings. The minimum atomic E-state index is -0.567. The van der Waals surface area contributed by atoms with Crippen molar-refractivity contribution in [2.45, 2.75) is 25.5 Å². The maximum atomic E-state index is 12.8. The lowest BCUT2D eigenvalue weighted by Crippen LogP contribution is -2.21. The second-order valence-corrected chi connectivity index (χ2v) is 6.92. The van der Waals surface area contributed by atoms with E-state index in [2.05, 4.69) is 10.3 Å². The van der Waals surface area contributed by atoms with Crippen LogP contribution in [0.1, 0.15) is 33.7 Å². The molecule has 1 fully saturated rings. The number of amides is 1. The van der Waals surface area contributed by atoms with Gasteiger partial charge in [-0.15, -0.1) is 0 Å². The molecule has 29 heavy (non-hydrogen) atoms. The molecule has 3 heterocycles. The van der Waals surface area contributed by atoms with Crippen LogP contribution in [0.25, 0.3) is 11.0 Å². The smallest absolute Gasteiger partial charge is 0.356 e. The van der Waals surface area contributed by atoms with Crippen molar-refractivity contribution in [3.8, 4) is 0 Å². The normalized spacial score (nSPS) is 16.1. The Kier molecular flexibility index (Phi) is 5.18. The number of fused-ring (bicyclic) bond motifs is 1. The molecule has 1 aliphatic rings. The van der Waals surface area contributed by atoms with Crippen molar-refractivity contribution < 1.29 is 19.1 Å². The fourth-order valence-electron chi connectivity index (χ4n) is 3.62. The highest BCUT2D eigenvalue weighted by Gasteiger charge is 2.28. The van der Waals surface area contributed by atoms with Gasteiger partial charge in [0.25, 0.3) is 5.91 Å². The van der Waals surface area contributed by atoms with Crippen LogP contribution < -0.4 is 11.1 Å². The minimum Gasteiger partial charge on any atom is -0.464 e. The Morgan fingerprint density at radius 1 is 1.34 bits per heavy atom. The third-order valence-electron chi connectivity index (χ3n) is 4.98. The topological polar surface area (TPSA) is 108 Å². The van der Waals surface area contributed by atoms with E-state index in [1.54, 1.807) is 34.9 Å². The number of aromatic nitrogens is 2. The standard InChI is InChI=1S/C21H22N4O4/c1-28-21(27)18-17(24-20(26)13-6-3-2-4-7-13)16-10-14(22)11-23-19(16)25(18)12-15-8-5-9-29-15/h2-4,6-7,10-11,15H,5,8-9,12,22H2,1H3,(H,24,26). The molecule has 0 aliphatic carbocycles. The number of rotatable bonds is 5. The first kappa shape index (κ1) is 18.9. The monoisotopic (exact) mass is 394 g/mol. The molecule has 0 bridgehead atoms. The number of carbonyl (C=O) groups excluding carboxylic acids is 2. The Morgan fingerprint density at radius 3 is 2.83 bits per heavy atom. The molecular weight excluding hydrogens is 372 g/mol. The summed E-state index contributed by atoms with van der Waals surface area (Å²) in [5, 5.41) is 3.44. The third-order valence-corrected chi connectivity index (χ3v) is 4.98. The number of pyridine rings is 1. The zero-order valence-electron chi connectivity index (χ0n) is 16.1. The molecule has 8 nitrogen and oxygen atoms in total. The number of nitrogen functional groups attached to an aromatic ring is 1. The van der Waals surface area contributed by atoms with E-state index in [4.69, 9.17) is 15.2 Å². The highest BCUT2D eigenvalue weighted by molar-refractivity contribution is 6.14. The average molecular weight is 394 g/mol. The van der Waals surface area contributed by atoms with Crippen molar-refractivity contribution in [2.75, 3.05) is 24.8 Å². The summed E-state index contributed by atoms with van der Waals surface area (Å²) in [5.74, 6) is -0.905. The number of hydrogen-bond donors (Lipinski definition) is 2. The average Bonchev–Trinajstić information content (AvgIpc) is 3.35. The van der Waals surface area contributed by atoms with E-state index in [0.717, 1.165) is 12.8 Å². The van der Waals surface area contributed by atoms with Crippen LogP contribution in [-0.4, -0.2) is 41.2 Å². The molecule has 0 saturated carbocycles. The number of nitrogens with one attached hydrogen (secondary N) is 1. The molecule has 1 unspecified atom stereocenters. The van der Waals surface area contributed by atoms with Crippen molar-refractivity contribution in [3.05, 3.63) is 53.9 Å². The molecule has 8 heteroatoms. The SMILES string of the molecule is COC(=O)c1c(NC(=O)c2ccccc2)c2cc(N)cnc2n1CC1CCCO1. The summed E-state index contributed by atoms with van der Waals surface area (Å²) >= 11 is 0. The molecule has 150 valence electrons. The third kappa shape index (κ3) is 3.66. The summed E-state index contributed by atoms with van der Waals surface area (Å²) < 4.78 is 12.5. The number of anilines is 2. The maximum absolute atomic E-state index is 12.8. The van der Waals surface area contributed by atoms with Crippen molar-refractivity contribution in [2.24, 2.45) is 0 Å². The first-order valence-electron chi connectivity index (χ1n) is 9.42. The molecule has 0 spiro atoms. The van der Waals surface area contributed by atoms with Crippen LogP contribution in [0.4, 0.5) is 11.4 Å². The van der Waals surface area contributed by atoms with Gasteiger partial charge in [0.05, 0.1) is 37.3 Å². The summed E-state index contributed by atoms with van der Waals surface area (Å²) in [6.45, 7) is 1.12. The quantitative estimate of drug-likeness (QED) is 0.644. The van der Waals surface area contributed by atoms with Crippen molar-refractivity contribution >= 4 is 34.3 Å². The van der Waals surface area contributed by atoms with Gasteiger partial charge in [-0.2, -0.15) is 0 Å². The van der Waals surface area contributed by atoms with Crippen LogP contribution >= 0.6 is 0 Å². The molecule has 2 aromatic heterocycles. The van der Waals surface area contributed by atoms with Crippen LogP contribution in [0.5, 0.6) is 0 Å². The number of hydrogen-bond acceptors (Lipinski definition) is 6. The second kappa shape index (κ2) is 7.92. The van der Waals surface area contributed by atoms with Crippen molar-refractivity contribution in [1.82, 2.24) is 9.55 Å². The van der Waals surface area contributed by atoms with Gasteiger partial charge in [0, 0.05) is 17.6 Å². The Hall–Kier alpha value is -3.39. The zero-order chi connectivity index (χ0) is 20.4. The number of esters is 1. The van der Waals surface area contributed by atoms with Gasteiger partial charge in [-0.1, -0.05) is 18.2 Å². The Bertz CT molecular complexity index is 1060. The molecule has 1 amide bonds. The van der Waals surface area contributed by atoms with Gasteiger partial charge in [0.1, 0.15) is 5.65 Å². The summed E-state index contributed by atoms with van der Waals surface area (Å²) in [5.41, 5.74) is 7.94. The molecule has 1 aliphatic heterocycles. The second-order valence-electron chi connectivity index (χ2n) is 6.92. The maximum Gasteiger partial charge on any atom is 0.356 e. The Morgan fingerprint density at radius 2 is 2.14 bits per heavy atom. The summed E-state index contributed by atoms with van der Waals surface area (Å²) in [6, 6.07) is 10.5. The lowest BCUT2D eigenvalue weighted by Gasteiger charge is -2.14. The van der Waals surface area contributed by atoms with Gasteiger partial charge >= 0.3 is 5.97 Å². The van der Waals surface area contributed by atoms with E-state index < -0.39 is 5.97 Å². The van der Waals surface area contributed by atoms with Crippen LogP contribution in [-0.2, 0) is 16.0 Å². The van der Waals surface area contributed by atoms with E-state index in [9.17, 15) is 9.59 Å². The fraction of sp³-hybridized carbons (Fsp3) is 0.286. The van der Waals surface area contributed by atoms with Gasteiger partial charge in [-0.05, 0) is 31.0 Å².